The SMILES string of the molecule is COc1ccc(Br)cc1CNc1ccc(Br)cn1. The Morgan fingerprint density at radius 1 is 1.17 bits per heavy atom. The van der Waals surface area contributed by atoms with Gasteiger partial charge in [0.1, 0.15) is 11.6 Å². The molecule has 0 radical (unpaired) electrons. The standard InChI is InChI=1S/C13H12Br2N2O/c1-18-12-4-2-10(14)6-9(12)7-16-13-5-3-11(15)8-17-13/h2-6,8H,7H2,1H3,(H,16,17). The lowest BCUT2D eigenvalue weighted by Crippen LogP contribution is -2.03. The maximum atomic E-state index is 5.32. The molecule has 0 bridgehead atoms. The summed E-state index contributed by atoms with van der Waals surface area (Å²) < 4.78 is 7.32. The van der Waals surface area contributed by atoms with E-state index in [1.165, 1.54) is 0 Å². The lowest BCUT2D eigenvalue weighted by molar-refractivity contribution is 0.410. The minimum Gasteiger partial charge on any atom is -0.496 e. The van der Waals surface area contributed by atoms with Crippen LogP contribution in [-0.4, -0.2) is 12.1 Å². The number of halogens is 2. The first-order valence-corrected chi connectivity index (χ1v) is 6.95. The van der Waals surface area contributed by atoms with Gasteiger partial charge in [0.15, 0.2) is 0 Å². The molecule has 0 aliphatic carbocycles. The van der Waals surface area contributed by atoms with Gasteiger partial charge in [-0.2, -0.15) is 0 Å². The lowest BCUT2D eigenvalue weighted by Gasteiger charge is -2.10. The van der Waals surface area contributed by atoms with E-state index in [2.05, 4.69) is 42.2 Å². The smallest absolute Gasteiger partial charge is 0.126 e. The minimum absolute atomic E-state index is 0.664. The van der Waals surface area contributed by atoms with Crippen LogP contribution in [0.5, 0.6) is 5.75 Å². The van der Waals surface area contributed by atoms with Crippen molar-refractivity contribution in [1.29, 1.82) is 0 Å². The summed E-state index contributed by atoms with van der Waals surface area (Å²) in [6.07, 6.45) is 1.76. The molecule has 1 aromatic carbocycles. The molecule has 2 rings (SSSR count). The first kappa shape index (κ1) is 13.4. The second kappa shape index (κ2) is 6.20. The van der Waals surface area contributed by atoms with Crippen LogP contribution in [-0.2, 0) is 6.54 Å². The van der Waals surface area contributed by atoms with Crippen molar-refractivity contribution in [3.8, 4) is 5.75 Å². The van der Waals surface area contributed by atoms with Gasteiger partial charge in [-0.15, -0.1) is 0 Å². The van der Waals surface area contributed by atoms with E-state index in [0.717, 1.165) is 26.1 Å². The number of nitrogens with one attached hydrogen (secondary N) is 1. The average Bonchev–Trinajstić information content (AvgIpc) is 2.38. The van der Waals surface area contributed by atoms with Crippen LogP contribution >= 0.6 is 31.9 Å². The Kier molecular flexibility index (Phi) is 4.60. The summed E-state index contributed by atoms with van der Waals surface area (Å²) in [5, 5.41) is 3.26. The third-order valence-corrected chi connectivity index (χ3v) is 3.39. The summed E-state index contributed by atoms with van der Waals surface area (Å²) in [5.41, 5.74) is 1.08. The van der Waals surface area contributed by atoms with E-state index in [9.17, 15) is 0 Å². The maximum Gasteiger partial charge on any atom is 0.126 e. The van der Waals surface area contributed by atoms with Gasteiger partial charge in [0.2, 0.25) is 0 Å². The van der Waals surface area contributed by atoms with Crippen LogP contribution in [0.3, 0.4) is 0 Å². The third kappa shape index (κ3) is 3.46. The fourth-order valence-corrected chi connectivity index (χ4v) is 2.19. The van der Waals surface area contributed by atoms with Crippen LogP contribution in [0.4, 0.5) is 5.82 Å². The number of nitrogens with zero attached hydrogens (tertiary/aromatic N) is 1. The molecule has 0 spiro atoms. The number of aromatic nitrogens is 1. The van der Waals surface area contributed by atoms with Gasteiger partial charge in [-0.25, -0.2) is 4.98 Å². The zero-order valence-corrected chi connectivity index (χ0v) is 13.0. The maximum absolute atomic E-state index is 5.32. The second-order valence-corrected chi connectivity index (χ2v) is 5.50. The van der Waals surface area contributed by atoms with E-state index in [1.807, 2.05) is 30.3 Å². The van der Waals surface area contributed by atoms with E-state index in [0.29, 0.717) is 6.54 Å². The molecular weight excluding hydrogens is 360 g/mol. The molecule has 0 saturated carbocycles. The number of hydrogen-bond acceptors (Lipinski definition) is 3. The average molecular weight is 372 g/mol. The Balaban J connectivity index is 2.09. The first-order valence-electron chi connectivity index (χ1n) is 5.37. The summed E-state index contributed by atoms with van der Waals surface area (Å²) in [5.74, 6) is 1.70. The first-order chi connectivity index (χ1) is 8.69. The van der Waals surface area contributed by atoms with Gasteiger partial charge in [-0.05, 0) is 46.3 Å². The highest BCUT2D eigenvalue weighted by atomic mass is 79.9. The fraction of sp³-hybridized carbons (Fsp3) is 0.154. The van der Waals surface area contributed by atoms with Gasteiger partial charge in [-0.3, -0.25) is 0 Å². The lowest BCUT2D eigenvalue weighted by atomic mass is 10.2. The van der Waals surface area contributed by atoms with E-state index >= 15 is 0 Å². The zero-order chi connectivity index (χ0) is 13.0. The van der Waals surface area contributed by atoms with Crippen LogP contribution < -0.4 is 10.1 Å². The van der Waals surface area contributed by atoms with Crippen molar-refractivity contribution < 1.29 is 4.74 Å². The molecule has 0 amide bonds. The molecular formula is C13H12Br2N2O. The van der Waals surface area contributed by atoms with Crippen LogP contribution in [0.25, 0.3) is 0 Å². The summed E-state index contributed by atoms with van der Waals surface area (Å²) in [6.45, 7) is 0.664. The van der Waals surface area contributed by atoms with Gasteiger partial charge in [0.25, 0.3) is 0 Å². The zero-order valence-electron chi connectivity index (χ0n) is 9.78. The van der Waals surface area contributed by atoms with E-state index < -0.39 is 0 Å². The van der Waals surface area contributed by atoms with Crippen molar-refractivity contribution >= 4 is 37.7 Å². The molecule has 0 fully saturated rings. The molecule has 0 saturated heterocycles. The molecule has 0 aliphatic rings. The predicted octanol–water partition coefficient (Wildman–Crippen LogP) is 4.23. The summed E-state index contributed by atoms with van der Waals surface area (Å²) in [7, 11) is 1.67. The highest BCUT2D eigenvalue weighted by molar-refractivity contribution is 9.10. The summed E-state index contributed by atoms with van der Waals surface area (Å²) in [6, 6.07) is 9.81. The molecule has 0 unspecified atom stereocenters. The molecule has 1 aromatic heterocycles. The molecule has 3 nitrogen and oxygen atoms in total. The van der Waals surface area contributed by atoms with Crippen molar-refractivity contribution in [2.75, 3.05) is 12.4 Å². The van der Waals surface area contributed by atoms with Crippen LogP contribution in [0.2, 0.25) is 0 Å². The predicted molar refractivity (Wildman–Crippen MR) is 80.0 cm³/mol. The van der Waals surface area contributed by atoms with Gasteiger partial charge < -0.3 is 10.1 Å². The number of pyridine rings is 1. The minimum atomic E-state index is 0.664. The van der Waals surface area contributed by atoms with E-state index in [1.54, 1.807) is 13.3 Å². The van der Waals surface area contributed by atoms with Crippen molar-refractivity contribution in [2.24, 2.45) is 0 Å². The van der Waals surface area contributed by atoms with Crippen molar-refractivity contribution in [3.63, 3.8) is 0 Å². The summed E-state index contributed by atoms with van der Waals surface area (Å²) >= 11 is 6.81. The number of ether oxygens (including phenoxy) is 1. The molecule has 0 atom stereocenters. The molecule has 18 heavy (non-hydrogen) atoms. The van der Waals surface area contributed by atoms with Crippen LogP contribution in [0, 0.1) is 0 Å². The van der Waals surface area contributed by atoms with Gasteiger partial charge >= 0.3 is 0 Å². The normalized spacial score (nSPS) is 10.2. The van der Waals surface area contributed by atoms with Crippen molar-refractivity contribution in [3.05, 3.63) is 51.0 Å². The molecule has 1 heterocycles. The van der Waals surface area contributed by atoms with Gasteiger partial charge in [-0.1, -0.05) is 15.9 Å². The highest BCUT2D eigenvalue weighted by Gasteiger charge is 2.03. The quantitative estimate of drug-likeness (QED) is 0.873. The highest BCUT2D eigenvalue weighted by Crippen LogP contribution is 2.23. The number of rotatable bonds is 4. The van der Waals surface area contributed by atoms with Gasteiger partial charge in [0, 0.05) is 27.3 Å². The Bertz CT molecular complexity index is 529. The van der Waals surface area contributed by atoms with Crippen molar-refractivity contribution in [2.45, 2.75) is 6.54 Å². The second-order valence-electron chi connectivity index (χ2n) is 3.67. The van der Waals surface area contributed by atoms with E-state index in [4.69, 9.17) is 4.74 Å². The van der Waals surface area contributed by atoms with Crippen LogP contribution in [0.1, 0.15) is 5.56 Å². The molecule has 5 heteroatoms. The largest absolute Gasteiger partial charge is 0.496 e. The van der Waals surface area contributed by atoms with Crippen LogP contribution in [0.15, 0.2) is 45.5 Å². The number of methoxy groups -OCH3 is 1. The molecule has 94 valence electrons. The Labute approximate surface area is 123 Å². The van der Waals surface area contributed by atoms with E-state index in [-0.39, 0.29) is 0 Å². The Hall–Kier alpha value is -1.07. The van der Waals surface area contributed by atoms with Gasteiger partial charge in [0.05, 0.1) is 7.11 Å². The number of anilines is 1. The Morgan fingerprint density at radius 2 is 1.94 bits per heavy atom. The fourth-order valence-electron chi connectivity index (χ4n) is 1.55. The monoisotopic (exact) mass is 370 g/mol. The summed E-state index contributed by atoms with van der Waals surface area (Å²) in [4.78, 5) is 4.26. The Morgan fingerprint density at radius 3 is 2.61 bits per heavy atom. The molecule has 0 aliphatic heterocycles. The van der Waals surface area contributed by atoms with Crippen molar-refractivity contribution in [1.82, 2.24) is 4.98 Å². The number of hydrogen-bond donors (Lipinski definition) is 1. The molecule has 1 N–H and O–H groups in total. The topological polar surface area (TPSA) is 34.1 Å². The third-order valence-electron chi connectivity index (χ3n) is 2.43. The number of benzene rings is 1. The molecule has 2 aromatic rings.